The first-order valence-corrected chi connectivity index (χ1v) is 9.36. The number of carbonyl (C=O) groups excluding carboxylic acids is 2. The zero-order valence-corrected chi connectivity index (χ0v) is 15.1. The first-order valence-electron chi connectivity index (χ1n) is 9.36. The number of carboxylic acid groups (broad SMARTS) is 1. The second-order valence-corrected chi connectivity index (χ2v) is 7.49. The molecule has 3 N–H and O–H groups in total. The van der Waals surface area contributed by atoms with Gasteiger partial charge in [0.25, 0.3) is 5.91 Å². The maximum atomic E-state index is 12.3. The van der Waals surface area contributed by atoms with Gasteiger partial charge in [-0.2, -0.15) is 0 Å². The van der Waals surface area contributed by atoms with Gasteiger partial charge in [0.05, 0.1) is 5.92 Å². The third-order valence-corrected chi connectivity index (χ3v) is 5.48. The van der Waals surface area contributed by atoms with E-state index in [-0.39, 0.29) is 41.5 Å². The van der Waals surface area contributed by atoms with Crippen LogP contribution in [0.25, 0.3) is 11.3 Å². The molecule has 1 heterocycles. The summed E-state index contributed by atoms with van der Waals surface area (Å²) in [7, 11) is 0. The number of benzene rings is 1. The zero-order chi connectivity index (χ0) is 19.7. The molecule has 0 saturated heterocycles. The van der Waals surface area contributed by atoms with Gasteiger partial charge in [-0.05, 0) is 25.7 Å². The Balaban J connectivity index is 1.22. The fourth-order valence-corrected chi connectivity index (χ4v) is 3.59. The van der Waals surface area contributed by atoms with Crippen molar-refractivity contribution in [3.05, 3.63) is 42.2 Å². The number of nitrogens with one attached hydrogen (secondary N) is 2. The van der Waals surface area contributed by atoms with Gasteiger partial charge in [-0.15, -0.1) is 0 Å². The van der Waals surface area contributed by atoms with Crippen molar-refractivity contribution in [2.75, 3.05) is 0 Å². The molecule has 1 aromatic carbocycles. The van der Waals surface area contributed by atoms with Crippen molar-refractivity contribution < 1.29 is 24.0 Å². The second-order valence-electron chi connectivity index (χ2n) is 7.49. The minimum atomic E-state index is -0.806. The molecule has 2 aromatic rings. The van der Waals surface area contributed by atoms with Gasteiger partial charge in [0.2, 0.25) is 11.7 Å². The Morgan fingerprint density at radius 1 is 0.964 bits per heavy atom. The number of aliphatic carboxylic acids is 1. The molecular formula is C20H21N3O5. The Hall–Kier alpha value is -3.16. The van der Waals surface area contributed by atoms with E-state index in [0.29, 0.717) is 31.4 Å². The van der Waals surface area contributed by atoms with Crippen LogP contribution in [0.1, 0.15) is 36.2 Å². The predicted molar refractivity (Wildman–Crippen MR) is 98.2 cm³/mol. The summed E-state index contributed by atoms with van der Waals surface area (Å²) in [6.45, 7) is 0. The van der Waals surface area contributed by atoms with Gasteiger partial charge in [-0.3, -0.25) is 14.4 Å². The lowest BCUT2D eigenvalue weighted by molar-refractivity contribution is -0.146. The Bertz CT molecular complexity index is 882. The van der Waals surface area contributed by atoms with Gasteiger partial charge in [0, 0.05) is 29.6 Å². The Morgan fingerprint density at radius 3 is 2.29 bits per heavy atom. The minimum Gasteiger partial charge on any atom is -0.481 e. The summed E-state index contributed by atoms with van der Waals surface area (Å²) in [5.41, 5.74) is 1.46. The lowest BCUT2D eigenvalue weighted by Crippen LogP contribution is -2.53. The first kappa shape index (κ1) is 18.2. The van der Waals surface area contributed by atoms with Gasteiger partial charge < -0.3 is 20.3 Å². The fourth-order valence-electron chi connectivity index (χ4n) is 3.59. The molecule has 0 unspecified atom stereocenters. The molecule has 2 aliphatic carbocycles. The minimum absolute atomic E-state index is 0.0483. The van der Waals surface area contributed by atoms with Crippen LogP contribution in [0, 0.1) is 11.8 Å². The summed E-state index contributed by atoms with van der Waals surface area (Å²) in [5, 5.41) is 18.5. The molecule has 0 aliphatic heterocycles. The van der Waals surface area contributed by atoms with Crippen molar-refractivity contribution in [1.29, 1.82) is 0 Å². The topological polar surface area (TPSA) is 122 Å². The molecule has 0 atom stereocenters. The van der Waals surface area contributed by atoms with Crippen molar-refractivity contribution in [1.82, 2.24) is 15.8 Å². The third-order valence-electron chi connectivity index (χ3n) is 5.48. The van der Waals surface area contributed by atoms with Crippen LogP contribution in [-0.2, 0) is 9.59 Å². The van der Waals surface area contributed by atoms with E-state index < -0.39 is 5.97 Å². The highest BCUT2D eigenvalue weighted by atomic mass is 16.5. The van der Waals surface area contributed by atoms with Gasteiger partial charge in [-0.1, -0.05) is 35.5 Å². The van der Waals surface area contributed by atoms with Gasteiger partial charge in [0.15, 0.2) is 0 Å². The van der Waals surface area contributed by atoms with Crippen LogP contribution in [0.5, 0.6) is 0 Å². The number of hydrogen-bond donors (Lipinski definition) is 3. The molecule has 146 valence electrons. The summed E-state index contributed by atoms with van der Waals surface area (Å²) in [6, 6.07) is 10.9. The van der Waals surface area contributed by atoms with Gasteiger partial charge in [-0.25, -0.2) is 0 Å². The number of rotatable bonds is 6. The summed E-state index contributed by atoms with van der Waals surface area (Å²) >= 11 is 0. The van der Waals surface area contributed by atoms with E-state index in [1.165, 1.54) is 0 Å². The number of carboxylic acids is 1. The third kappa shape index (κ3) is 3.76. The van der Waals surface area contributed by atoms with Crippen LogP contribution >= 0.6 is 0 Å². The van der Waals surface area contributed by atoms with E-state index in [1.807, 2.05) is 30.3 Å². The Morgan fingerprint density at radius 2 is 1.61 bits per heavy atom. The first-order chi connectivity index (χ1) is 13.5. The molecule has 0 radical (unpaired) electrons. The molecule has 8 heteroatoms. The van der Waals surface area contributed by atoms with Crippen molar-refractivity contribution in [2.24, 2.45) is 11.8 Å². The van der Waals surface area contributed by atoms with Crippen LogP contribution in [-0.4, -0.2) is 40.1 Å². The van der Waals surface area contributed by atoms with E-state index in [9.17, 15) is 14.4 Å². The summed E-state index contributed by atoms with van der Waals surface area (Å²) in [4.78, 5) is 35.3. The molecule has 0 spiro atoms. The predicted octanol–water partition coefficient (Wildman–Crippen LogP) is 1.83. The maximum Gasteiger partial charge on any atom is 0.306 e. The number of nitrogens with zero attached hydrogens (tertiary/aromatic N) is 1. The van der Waals surface area contributed by atoms with Crippen LogP contribution < -0.4 is 10.6 Å². The monoisotopic (exact) mass is 383 g/mol. The maximum absolute atomic E-state index is 12.3. The van der Waals surface area contributed by atoms with E-state index in [2.05, 4.69) is 15.8 Å². The molecule has 2 saturated carbocycles. The number of carbonyl (C=O) groups is 3. The molecule has 2 fully saturated rings. The van der Waals surface area contributed by atoms with Crippen molar-refractivity contribution in [3.63, 3.8) is 0 Å². The molecule has 2 amide bonds. The summed E-state index contributed by atoms with van der Waals surface area (Å²) < 4.78 is 5.14. The molecule has 28 heavy (non-hydrogen) atoms. The lowest BCUT2D eigenvalue weighted by Gasteiger charge is -2.38. The van der Waals surface area contributed by atoms with Crippen LogP contribution in [0.3, 0.4) is 0 Å². The molecule has 4 rings (SSSR count). The molecule has 1 aromatic heterocycles. The van der Waals surface area contributed by atoms with Crippen LogP contribution in [0.15, 0.2) is 40.9 Å². The Labute approximate surface area is 161 Å². The highest BCUT2D eigenvalue weighted by molar-refractivity contribution is 5.93. The van der Waals surface area contributed by atoms with Gasteiger partial charge in [0.1, 0.15) is 5.69 Å². The molecular weight excluding hydrogens is 362 g/mol. The molecule has 8 nitrogen and oxygen atoms in total. The second kappa shape index (κ2) is 7.46. The number of hydrogen-bond acceptors (Lipinski definition) is 5. The van der Waals surface area contributed by atoms with Crippen LogP contribution in [0.2, 0.25) is 0 Å². The van der Waals surface area contributed by atoms with Gasteiger partial charge >= 0.3 is 5.97 Å². The average Bonchev–Trinajstić information content (AvgIpc) is 3.10. The number of amides is 2. The highest BCUT2D eigenvalue weighted by Crippen LogP contribution is 2.31. The average molecular weight is 383 g/mol. The smallest absolute Gasteiger partial charge is 0.306 e. The van der Waals surface area contributed by atoms with Crippen molar-refractivity contribution in [3.8, 4) is 11.3 Å². The van der Waals surface area contributed by atoms with E-state index in [4.69, 9.17) is 9.63 Å². The molecule has 0 bridgehead atoms. The zero-order valence-electron chi connectivity index (χ0n) is 15.1. The highest BCUT2D eigenvalue weighted by Gasteiger charge is 2.40. The fraction of sp³-hybridized carbons (Fsp3) is 0.400. The van der Waals surface area contributed by atoms with Crippen LogP contribution in [0.4, 0.5) is 0 Å². The lowest BCUT2D eigenvalue weighted by atomic mass is 9.77. The normalized spacial score (nSPS) is 25.9. The number of aromatic nitrogens is 1. The summed E-state index contributed by atoms with van der Waals surface area (Å²) in [5.74, 6) is -1.57. The van der Waals surface area contributed by atoms with E-state index in [1.54, 1.807) is 6.07 Å². The Kier molecular flexibility index (Phi) is 4.85. The van der Waals surface area contributed by atoms with E-state index >= 15 is 0 Å². The SMILES string of the molecule is O=C(NC1CC(C(=O)NC2CC(C(=O)O)C2)C1)c1cc(-c2ccccc2)no1. The summed E-state index contributed by atoms with van der Waals surface area (Å²) in [6.07, 6.45) is 2.10. The van der Waals surface area contributed by atoms with Crippen molar-refractivity contribution in [2.45, 2.75) is 37.8 Å². The largest absolute Gasteiger partial charge is 0.481 e. The quantitative estimate of drug-likeness (QED) is 0.700. The standard InChI is InChI=1S/C20H21N3O5/c24-18(21-15-8-13(9-15)20(26)27)12-6-14(7-12)22-19(25)17-10-16(23-28-17)11-4-2-1-3-5-11/h1-5,10,12-15H,6-9H2,(H,21,24)(H,22,25)(H,26,27). The van der Waals surface area contributed by atoms with E-state index in [0.717, 1.165) is 5.56 Å². The molecule has 2 aliphatic rings. The van der Waals surface area contributed by atoms with Crippen molar-refractivity contribution >= 4 is 17.8 Å².